The second-order valence-corrected chi connectivity index (χ2v) is 6.80. The predicted octanol–water partition coefficient (Wildman–Crippen LogP) is 3.22. The van der Waals surface area contributed by atoms with E-state index in [1.165, 1.54) is 0 Å². The van der Waals surface area contributed by atoms with Gasteiger partial charge in [-0.2, -0.15) is 0 Å². The molecule has 1 atom stereocenters. The van der Waals surface area contributed by atoms with Crippen LogP contribution in [-0.2, 0) is 4.79 Å². The highest BCUT2D eigenvalue weighted by Gasteiger charge is 2.44. The number of rotatable bonds is 4. The van der Waals surface area contributed by atoms with E-state index < -0.39 is 0 Å². The van der Waals surface area contributed by atoms with Gasteiger partial charge < -0.3 is 4.90 Å². The number of carbonyl (C=O) groups is 2. The molecule has 0 N–H and O–H groups in total. The first kappa shape index (κ1) is 17.6. The topological polar surface area (TPSA) is 37.4 Å². The van der Waals surface area contributed by atoms with E-state index in [4.69, 9.17) is 11.6 Å². The Morgan fingerprint density at radius 3 is 2.40 bits per heavy atom. The van der Waals surface area contributed by atoms with Gasteiger partial charge in [0.25, 0.3) is 5.91 Å². The standard InChI is InChI=1S/C20H22ClN2O2/c1-16-7-9-18(10-8-16)23(13-11-21)14-12-22(15-19(23)24)20(25)17-5-3-2-4-6-17/h2-10H,11-15H2,1H3/q+1. The summed E-state index contributed by atoms with van der Waals surface area (Å²) < 4.78 is 0.211. The maximum atomic E-state index is 13.1. The van der Waals surface area contributed by atoms with E-state index in [0.29, 0.717) is 31.1 Å². The fourth-order valence-electron chi connectivity index (χ4n) is 3.34. The van der Waals surface area contributed by atoms with E-state index in [2.05, 4.69) is 0 Å². The van der Waals surface area contributed by atoms with E-state index in [9.17, 15) is 9.59 Å². The van der Waals surface area contributed by atoms with E-state index >= 15 is 0 Å². The Bertz CT molecular complexity index is 761. The number of amides is 2. The molecule has 4 nitrogen and oxygen atoms in total. The number of aryl methyl sites for hydroxylation is 1. The largest absolute Gasteiger partial charge is 0.338 e. The number of piperazine rings is 1. The average Bonchev–Trinajstić information content (AvgIpc) is 2.64. The average molecular weight is 358 g/mol. The molecule has 5 heteroatoms. The van der Waals surface area contributed by atoms with Crippen molar-refractivity contribution in [3.8, 4) is 0 Å². The molecule has 0 radical (unpaired) electrons. The Kier molecular flexibility index (Phi) is 5.21. The molecule has 0 bridgehead atoms. The first-order chi connectivity index (χ1) is 12.1. The summed E-state index contributed by atoms with van der Waals surface area (Å²) in [5.74, 6) is 0.313. The Morgan fingerprint density at radius 1 is 1.12 bits per heavy atom. The van der Waals surface area contributed by atoms with Gasteiger partial charge in [0.1, 0.15) is 25.3 Å². The molecule has 25 heavy (non-hydrogen) atoms. The quantitative estimate of drug-likeness (QED) is 0.622. The normalized spacial score (nSPS) is 20.6. The zero-order valence-electron chi connectivity index (χ0n) is 14.3. The number of nitrogens with zero attached hydrogens (tertiary/aromatic N) is 2. The van der Waals surface area contributed by atoms with Crippen LogP contribution in [0.15, 0.2) is 54.6 Å². The highest BCUT2D eigenvalue weighted by atomic mass is 35.5. The van der Waals surface area contributed by atoms with Gasteiger partial charge in [0.15, 0.2) is 0 Å². The summed E-state index contributed by atoms with van der Waals surface area (Å²) in [6.07, 6.45) is 0. The summed E-state index contributed by atoms with van der Waals surface area (Å²) in [6, 6.07) is 17.1. The first-order valence-electron chi connectivity index (χ1n) is 8.45. The van der Waals surface area contributed by atoms with Crippen LogP contribution in [-0.4, -0.2) is 48.8 Å². The Morgan fingerprint density at radius 2 is 1.80 bits per heavy atom. The Balaban J connectivity index is 1.84. The fourth-order valence-corrected chi connectivity index (χ4v) is 3.63. The van der Waals surface area contributed by atoms with Crippen molar-refractivity contribution in [2.24, 2.45) is 0 Å². The van der Waals surface area contributed by atoms with Crippen LogP contribution in [0.25, 0.3) is 0 Å². The van der Waals surface area contributed by atoms with Gasteiger partial charge in [-0.15, -0.1) is 11.6 Å². The predicted molar refractivity (Wildman–Crippen MR) is 101 cm³/mol. The van der Waals surface area contributed by atoms with Crippen molar-refractivity contribution in [3.05, 3.63) is 65.7 Å². The van der Waals surface area contributed by atoms with Crippen molar-refractivity contribution >= 4 is 29.1 Å². The molecule has 1 aliphatic heterocycles. The zero-order chi connectivity index (χ0) is 17.9. The molecule has 0 saturated carbocycles. The van der Waals surface area contributed by atoms with Crippen LogP contribution >= 0.6 is 11.6 Å². The molecule has 0 aliphatic carbocycles. The number of benzene rings is 2. The van der Waals surface area contributed by atoms with Gasteiger partial charge in [0.2, 0.25) is 0 Å². The highest BCUT2D eigenvalue weighted by molar-refractivity contribution is 6.18. The van der Waals surface area contributed by atoms with Gasteiger partial charge in [0, 0.05) is 5.56 Å². The fraction of sp³-hybridized carbons (Fsp3) is 0.300. The van der Waals surface area contributed by atoms with Crippen molar-refractivity contribution in [1.82, 2.24) is 9.38 Å². The molecule has 0 aromatic heterocycles. The lowest BCUT2D eigenvalue weighted by molar-refractivity contribution is -0.133. The van der Waals surface area contributed by atoms with Crippen molar-refractivity contribution < 1.29 is 9.59 Å². The molecular weight excluding hydrogens is 336 g/mol. The second-order valence-electron chi connectivity index (χ2n) is 6.43. The van der Waals surface area contributed by atoms with Crippen LogP contribution in [0.3, 0.4) is 0 Å². The van der Waals surface area contributed by atoms with Crippen molar-refractivity contribution in [1.29, 1.82) is 0 Å². The molecule has 1 unspecified atom stereocenters. The third-order valence-electron chi connectivity index (χ3n) is 4.86. The third kappa shape index (κ3) is 3.46. The van der Waals surface area contributed by atoms with Crippen LogP contribution < -0.4 is 4.48 Å². The Hall–Kier alpha value is -2.17. The number of hydrogen-bond acceptors (Lipinski definition) is 2. The zero-order valence-corrected chi connectivity index (χ0v) is 15.1. The smallest absolute Gasteiger partial charge is 0.319 e. The van der Waals surface area contributed by atoms with Crippen LogP contribution in [0.2, 0.25) is 0 Å². The van der Waals surface area contributed by atoms with Crippen molar-refractivity contribution in [2.75, 3.05) is 32.1 Å². The Labute approximate surface area is 153 Å². The van der Waals surface area contributed by atoms with Crippen molar-refractivity contribution in [2.45, 2.75) is 6.92 Å². The van der Waals surface area contributed by atoms with Crippen molar-refractivity contribution in [3.63, 3.8) is 0 Å². The minimum absolute atomic E-state index is 0.0139. The van der Waals surface area contributed by atoms with Crippen LogP contribution in [0.5, 0.6) is 0 Å². The van der Waals surface area contributed by atoms with E-state index in [1.54, 1.807) is 17.0 Å². The molecule has 1 saturated heterocycles. The van der Waals surface area contributed by atoms with Crippen LogP contribution in [0.1, 0.15) is 15.9 Å². The molecule has 0 spiro atoms. The first-order valence-corrected chi connectivity index (χ1v) is 8.98. The summed E-state index contributed by atoms with van der Waals surface area (Å²) in [5.41, 5.74) is 2.71. The molecule has 1 aliphatic rings. The lowest BCUT2D eigenvalue weighted by atomic mass is 10.1. The molecule has 3 rings (SSSR count). The highest BCUT2D eigenvalue weighted by Crippen LogP contribution is 2.27. The number of carbonyl (C=O) groups excluding carboxylic acids is 2. The van der Waals surface area contributed by atoms with Gasteiger partial charge in [0.05, 0.1) is 12.4 Å². The SMILES string of the molecule is Cc1ccc([N+]2(CCCl)CCN(C(=O)c3ccccc3)CC2=O)cc1. The lowest BCUT2D eigenvalue weighted by Gasteiger charge is -2.41. The van der Waals surface area contributed by atoms with E-state index in [0.717, 1.165) is 11.3 Å². The van der Waals surface area contributed by atoms with Crippen LogP contribution in [0, 0.1) is 6.92 Å². The summed E-state index contributed by atoms with van der Waals surface area (Å²) in [4.78, 5) is 27.3. The van der Waals surface area contributed by atoms with Gasteiger partial charge in [-0.1, -0.05) is 35.9 Å². The molecule has 130 valence electrons. The maximum Gasteiger partial charge on any atom is 0.338 e. The summed E-state index contributed by atoms with van der Waals surface area (Å²) in [7, 11) is 0. The van der Waals surface area contributed by atoms with Gasteiger partial charge in [-0.05, 0) is 31.2 Å². The lowest BCUT2D eigenvalue weighted by Crippen LogP contribution is -2.66. The third-order valence-corrected chi connectivity index (χ3v) is 5.03. The monoisotopic (exact) mass is 357 g/mol. The summed E-state index contributed by atoms with van der Waals surface area (Å²) >= 11 is 6.02. The van der Waals surface area contributed by atoms with Crippen LogP contribution in [0.4, 0.5) is 5.69 Å². The number of halogens is 1. The summed E-state index contributed by atoms with van der Waals surface area (Å²) in [6.45, 7) is 3.75. The molecule has 2 amide bonds. The maximum absolute atomic E-state index is 13.1. The van der Waals surface area contributed by atoms with Gasteiger partial charge in [-0.25, -0.2) is 9.28 Å². The number of hydrogen-bond donors (Lipinski definition) is 0. The number of quaternary nitrogens is 1. The number of alkyl halides is 1. The molecule has 1 fully saturated rings. The minimum atomic E-state index is -0.0958. The van der Waals surface area contributed by atoms with E-state index in [1.807, 2.05) is 49.4 Å². The second kappa shape index (κ2) is 7.38. The van der Waals surface area contributed by atoms with Gasteiger partial charge in [-0.3, -0.25) is 4.79 Å². The molecule has 2 aromatic rings. The molecule has 2 aromatic carbocycles. The minimum Gasteiger partial charge on any atom is -0.319 e. The summed E-state index contributed by atoms with van der Waals surface area (Å²) in [5, 5.41) is 0. The molecular formula is C20H22ClN2O2+. The van der Waals surface area contributed by atoms with E-state index in [-0.39, 0.29) is 22.8 Å². The van der Waals surface area contributed by atoms with Gasteiger partial charge >= 0.3 is 5.91 Å². The molecule has 1 heterocycles.